The predicted molar refractivity (Wildman–Crippen MR) is 115 cm³/mol. The molecule has 4 rings (SSSR count). The second-order valence-corrected chi connectivity index (χ2v) is 6.97. The number of pyridine rings is 1. The Bertz CT molecular complexity index is 975. The standard InChI is InChI=1S/C22H24N6O2/c1-17-24-20(26-19-9-5-6-10-23-19)15-21(25-17)27-11-13-28(14-12-27)22(29)16-30-18-7-3-2-4-8-18/h2-10,15H,11-14,16H2,1H3,(H,23,24,25,26). The summed E-state index contributed by atoms with van der Waals surface area (Å²) in [4.78, 5) is 29.8. The van der Waals surface area contributed by atoms with Crippen LogP contribution < -0.4 is 15.0 Å². The van der Waals surface area contributed by atoms with Crippen LogP contribution in [0.4, 0.5) is 17.5 Å². The molecule has 0 unspecified atom stereocenters. The van der Waals surface area contributed by atoms with Gasteiger partial charge in [-0.3, -0.25) is 4.79 Å². The van der Waals surface area contributed by atoms with E-state index in [-0.39, 0.29) is 12.5 Å². The van der Waals surface area contributed by atoms with Gasteiger partial charge in [-0.15, -0.1) is 0 Å². The lowest BCUT2D eigenvalue weighted by Gasteiger charge is -2.35. The summed E-state index contributed by atoms with van der Waals surface area (Å²) in [5.41, 5.74) is 0. The number of hydrogen-bond acceptors (Lipinski definition) is 7. The molecular weight excluding hydrogens is 380 g/mol. The number of hydrogen-bond donors (Lipinski definition) is 1. The van der Waals surface area contributed by atoms with Gasteiger partial charge in [0, 0.05) is 38.4 Å². The molecule has 3 aromatic rings. The fraction of sp³-hybridized carbons (Fsp3) is 0.273. The molecule has 1 fully saturated rings. The zero-order chi connectivity index (χ0) is 20.8. The van der Waals surface area contributed by atoms with Gasteiger partial charge in [-0.2, -0.15) is 0 Å². The number of carbonyl (C=O) groups excluding carboxylic acids is 1. The van der Waals surface area contributed by atoms with Gasteiger partial charge in [0.2, 0.25) is 0 Å². The van der Waals surface area contributed by atoms with Crippen LogP contribution in [-0.4, -0.2) is 58.5 Å². The quantitative estimate of drug-likeness (QED) is 0.676. The number of anilines is 3. The Morgan fingerprint density at radius 2 is 1.77 bits per heavy atom. The summed E-state index contributed by atoms with van der Waals surface area (Å²) in [6.07, 6.45) is 1.73. The average molecular weight is 404 g/mol. The average Bonchev–Trinajstić information content (AvgIpc) is 2.78. The van der Waals surface area contributed by atoms with E-state index in [2.05, 4.69) is 25.2 Å². The zero-order valence-corrected chi connectivity index (χ0v) is 16.9. The molecule has 2 aromatic heterocycles. The van der Waals surface area contributed by atoms with Gasteiger partial charge in [-0.25, -0.2) is 15.0 Å². The molecule has 0 radical (unpaired) electrons. The molecule has 30 heavy (non-hydrogen) atoms. The zero-order valence-electron chi connectivity index (χ0n) is 16.9. The molecule has 0 bridgehead atoms. The smallest absolute Gasteiger partial charge is 0.260 e. The summed E-state index contributed by atoms with van der Waals surface area (Å²) >= 11 is 0. The van der Waals surface area contributed by atoms with Gasteiger partial charge >= 0.3 is 0 Å². The fourth-order valence-corrected chi connectivity index (χ4v) is 3.28. The van der Waals surface area contributed by atoms with Crippen molar-refractivity contribution in [1.82, 2.24) is 19.9 Å². The van der Waals surface area contributed by atoms with Crippen LogP contribution in [-0.2, 0) is 4.79 Å². The molecule has 8 heteroatoms. The van der Waals surface area contributed by atoms with Crippen LogP contribution in [0.3, 0.4) is 0 Å². The number of nitrogens with zero attached hydrogens (tertiary/aromatic N) is 5. The Balaban J connectivity index is 1.34. The number of aryl methyl sites for hydroxylation is 1. The minimum absolute atomic E-state index is 0.00474. The highest BCUT2D eigenvalue weighted by atomic mass is 16.5. The molecule has 0 atom stereocenters. The Morgan fingerprint density at radius 1 is 1.00 bits per heavy atom. The van der Waals surface area contributed by atoms with Crippen molar-refractivity contribution in [2.45, 2.75) is 6.92 Å². The Kier molecular flexibility index (Phi) is 6.03. The number of ether oxygens (including phenoxy) is 1. The molecule has 1 N–H and O–H groups in total. The van der Waals surface area contributed by atoms with E-state index in [1.807, 2.05) is 66.4 Å². The number of carbonyl (C=O) groups is 1. The third-order valence-corrected chi connectivity index (χ3v) is 4.81. The summed E-state index contributed by atoms with van der Waals surface area (Å²) < 4.78 is 5.58. The van der Waals surface area contributed by atoms with Gasteiger partial charge in [-0.05, 0) is 31.2 Å². The van der Waals surface area contributed by atoms with Crippen LogP contribution in [0.1, 0.15) is 5.82 Å². The third-order valence-electron chi connectivity index (χ3n) is 4.81. The summed E-state index contributed by atoms with van der Waals surface area (Å²) in [5.74, 6) is 3.65. The molecule has 8 nitrogen and oxygen atoms in total. The van der Waals surface area contributed by atoms with Gasteiger partial charge in [0.1, 0.15) is 29.0 Å². The monoisotopic (exact) mass is 404 g/mol. The Morgan fingerprint density at radius 3 is 2.50 bits per heavy atom. The van der Waals surface area contributed by atoms with Gasteiger partial charge in [0.25, 0.3) is 5.91 Å². The number of piperazine rings is 1. The minimum Gasteiger partial charge on any atom is -0.484 e. The number of rotatable bonds is 6. The van der Waals surface area contributed by atoms with Crippen LogP contribution in [0.15, 0.2) is 60.8 Å². The van der Waals surface area contributed by atoms with Gasteiger partial charge < -0.3 is 19.9 Å². The molecule has 0 aliphatic carbocycles. The number of para-hydroxylation sites is 1. The second-order valence-electron chi connectivity index (χ2n) is 6.97. The first-order valence-electron chi connectivity index (χ1n) is 9.92. The maximum atomic E-state index is 12.5. The molecule has 154 valence electrons. The molecule has 0 saturated carbocycles. The van der Waals surface area contributed by atoms with Crippen LogP contribution in [0.2, 0.25) is 0 Å². The van der Waals surface area contributed by atoms with E-state index < -0.39 is 0 Å². The number of amides is 1. The normalized spacial score (nSPS) is 13.8. The van der Waals surface area contributed by atoms with Crippen LogP contribution in [0.25, 0.3) is 0 Å². The summed E-state index contributed by atoms with van der Waals surface area (Å²) in [6.45, 7) is 4.59. The maximum absolute atomic E-state index is 12.5. The number of aromatic nitrogens is 3. The molecule has 3 heterocycles. The van der Waals surface area contributed by atoms with E-state index in [9.17, 15) is 4.79 Å². The first-order chi connectivity index (χ1) is 14.7. The lowest BCUT2D eigenvalue weighted by Crippen LogP contribution is -2.50. The van der Waals surface area contributed by atoms with Crippen molar-refractivity contribution in [3.8, 4) is 5.75 Å². The highest BCUT2D eigenvalue weighted by Gasteiger charge is 2.23. The van der Waals surface area contributed by atoms with E-state index >= 15 is 0 Å². The van der Waals surface area contributed by atoms with E-state index in [0.29, 0.717) is 43.6 Å². The van der Waals surface area contributed by atoms with Crippen molar-refractivity contribution >= 4 is 23.4 Å². The number of nitrogens with one attached hydrogen (secondary N) is 1. The second kappa shape index (κ2) is 9.21. The highest BCUT2D eigenvalue weighted by molar-refractivity contribution is 5.78. The molecule has 1 aromatic carbocycles. The summed E-state index contributed by atoms with van der Waals surface area (Å²) in [6, 6.07) is 17.0. The van der Waals surface area contributed by atoms with E-state index in [0.717, 1.165) is 11.6 Å². The van der Waals surface area contributed by atoms with E-state index in [1.165, 1.54) is 0 Å². The lowest BCUT2D eigenvalue weighted by atomic mass is 10.3. The largest absolute Gasteiger partial charge is 0.484 e. The van der Waals surface area contributed by atoms with Crippen molar-refractivity contribution in [2.24, 2.45) is 0 Å². The molecule has 1 aliphatic rings. The van der Waals surface area contributed by atoms with Crippen LogP contribution >= 0.6 is 0 Å². The van der Waals surface area contributed by atoms with Gasteiger partial charge in [-0.1, -0.05) is 24.3 Å². The van der Waals surface area contributed by atoms with Crippen molar-refractivity contribution in [3.63, 3.8) is 0 Å². The van der Waals surface area contributed by atoms with E-state index in [1.54, 1.807) is 6.20 Å². The fourth-order valence-electron chi connectivity index (χ4n) is 3.28. The summed E-state index contributed by atoms with van der Waals surface area (Å²) in [7, 11) is 0. The molecule has 0 spiro atoms. The van der Waals surface area contributed by atoms with Crippen molar-refractivity contribution in [2.75, 3.05) is 43.0 Å². The topological polar surface area (TPSA) is 83.5 Å². The van der Waals surface area contributed by atoms with Gasteiger partial charge in [0.15, 0.2) is 6.61 Å². The number of benzene rings is 1. The first kappa shape index (κ1) is 19.6. The molecular formula is C22H24N6O2. The van der Waals surface area contributed by atoms with E-state index in [4.69, 9.17) is 4.74 Å². The predicted octanol–water partition coefficient (Wildman–Crippen LogP) is 2.65. The molecule has 1 saturated heterocycles. The first-order valence-corrected chi connectivity index (χ1v) is 9.92. The lowest BCUT2D eigenvalue weighted by molar-refractivity contribution is -0.133. The summed E-state index contributed by atoms with van der Waals surface area (Å²) in [5, 5.41) is 3.21. The third kappa shape index (κ3) is 5.02. The van der Waals surface area contributed by atoms with Crippen LogP contribution in [0, 0.1) is 6.92 Å². The van der Waals surface area contributed by atoms with Crippen molar-refractivity contribution in [3.05, 3.63) is 66.6 Å². The molecule has 1 amide bonds. The minimum atomic E-state index is -0.00474. The Hall–Kier alpha value is -3.68. The van der Waals surface area contributed by atoms with Crippen molar-refractivity contribution < 1.29 is 9.53 Å². The van der Waals surface area contributed by atoms with Gasteiger partial charge in [0.05, 0.1) is 0 Å². The molecule has 1 aliphatic heterocycles. The Labute approximate surface area is 175 Å². The highest BCUT2D eigenvalue weighted by Crippen LogP contribution is 2.20. The SMILES string of the molecule is Cc1nc(Nc2ccccn2)cc(N2CCN(C(=O)COc3ccccc3)CC2)n1. The van der Waals surface area contributed by atoms with Crippen LogP contribution in [0.5, 0.6) is 5.75 Å². The maximum Gasteiger partial charge on any atom is 0.260 e. The van der Waals surface area contributed by atoms with Crippen molar-refractivity contribution in [1.29, 1.82) is 0 Å².